The van der Waals surface area contributed by atoms with Crippen molar-refractivity contribution < 1.29 is 27.9 Å². The molecule has 98 valence electrons. The predicted molar refractivity (Wildman–Crippen MR) is 64.7 cm³/mol. The van der Waals surface area contributed by atoms with Gasteiger partial charge in [-0.15, -0.1) is 0 Å². The standard InChI is InChI=1S/C12H8O6S/c13-6-1-2-7-8-4-9(14)10(15)5-12(8)19(16,17)18-11(7)3-6/h1-5,13-15H. The van der Waals surface area contributed by atoms with Crippen molar-refractivity contribution in [1.82, 2.24) is 0 Å². The van der Waals surface area contributed by atoms with Gasteiger partial charge in [-0.1, -0.05) is 0 Å². The van der Waals surface area contributed by atoms with Crippen molar-refractivity contribution in [2.75, 3.05) is 0 Å². The van der Waals surface area contributed by atoms with Crippen LogP contribution in [-0.4, -0.2) is 23.7 Å². The molecule has 0 atom stereocenters. The van der Waals surface area contributed by atoms with E-state index < -0.39 is 21.6 Å². The molecule has 0 spiro atoms. The van der Waals surface area contributed by atoms with Gasteiger partial charge in [0.15, 0.2) is 17.2 Å². The van der Waals surface area contributed by atoms with Crippen molar-refractivity contribution in [3.05, 3.63) is 30.3 Å². The first-order valence-corrected chi connectivity index (χ1v) is 6.63. The second-order valence-electron chi connectivity index (χ2n) is 4.06. The molecule has 0 aromatic heterocycles. The second kappa shape index (κ2) is 3.55. The summed E-state index contributed by atoms with van der Waals surface area (Å²) in [7, 11) is -4.09. The molecule has 1 aliphatic heterocycles. The molecular formula is C12H8O6S. The van der Waals surface area contributed by atoms with Crippen LogP contribution in [0.2, 0.25) is 0 Å². The Balaban J connectivity index is 2.41. The number of benzene rings is 2. The van der Waals surface area contributed by atoms with Gasteiger partial charge in [-0.05, 0) is 18.2 Å². The SMILES string of the molecule is O=S1(=O)Oc2cc(O)ccc2-c2cc(O)c(O)cc21. The molecule has 19 heavy (non-hydrogen) atoms. The lowest BCUT2D eigenvalue weighted by molar-refractivity contribution is 0.401. The van der Waals surface area contributed by atoms with Crippen LogP contribution in [0.25, 0.3) is 11.1 Å². The number of fused-ring (bicyclic) bond motifs is 3. The number of phenols is 3. The van der Waals surface area contributed by atoms with Gasteiger partial charge in [-0.3, -0.25) is 0 Å². The summed E-state index contributed by atoms with van der Waals surface area (Å²) < 4.78 is 28.7. The Morgan fingerprint density at radius 2 is 1.58 bits per heavy atom. The van der Waals surface area contributed by atoms with Crippen LogP contribution < -0.4 is 4.18 Å². The molecule has 6 nitrogen and oxygen atoms in total. The Hall–Kier alpha value is -2.41. The zero-order valence-electron chi connectivity index (χ0n) is 9.36. The Morgan fingerprint density at radius 1 is 0.895 bits per heavy atom. The fourth-order valence-electron chi connectivity index (χ4n) is 1.94. The summed E-state index contributed by atoms with van der Waals surface area (Å²) in [6.45, 7) is 0. The predicted octanol–water partition coefficient (Wildman–Crippen LogP) is 1.55. The maximum absolute atomic E-state index is 11.9. The Bertz CT molecular complexity index is 794. The maximum Gasteiger partial charge on any atom is 0.340 e. The van der Waals surface area contributed by atoms with Gasteiger partial charge in [0.2, 0.25) is 0 Å². The topological polar surface area (TPSA) is 104 Å². The van der Waals surface area contributed by atoms with E-state index in [0.717, 1.165) is 12.1 Å². The quantitative estimate of drug-likeness (QED) is 0.499. The van der Waals surface area contributed by atoms with E-state index in [-0.39, 0.29) is 22.0 Å². The molecule has 0 bridgehead atoms. The van der Waals surface area contributed by atoms with Crippen molar-refractivity contribution in [2.45, 2.75) is 4.90 Å². The van der Waals surface area contributed by atoms with Crippen LogP contribution in [0.1, 0.15) is 0 Å². The summed E-state index contributed by atoms with van der Waals surface area (Å²) in [5, 5.41) is 28.2. The van der Waals surface area contributed by atoms with Gasteiger partial charge in [-0.2, -0.15) is 8.42 Å². The molecule has 0 unspecified atom stereocenters. The number of aromatic hydroxyl groups is 3. The molecule has 7 heteroatoms. The molecule has 3 N–H and O–H groups in total. The van der Waals surface area contributed by atoms with Crippen molar-refractivity contribution in [1.29, 1.82) is 0 Å². The van der Waals surface area contributed by atoms with Crippen molar-refractivity contribution in [3.63, 3.8) is 0 Å². The van der Waals surface area contributed by atoms with Gasteiger partial charge in [0.05, 0.1) is 0 Å². The molecular weight excluding hydrogens is 272 g/mol. The molecule has 3 rings (SSSR count). The molecule has 2 aromatic carbocycles. The first-order valence-electron chi connectivity index (χ1n) is 5.22. The fourth-order valence-corrected chi connectivity index (χ4v) is 3.10. The highest BCUT2D eigenvalue weighted by atomic mass is 32.2. The molecule has 0 fully saturated rings. The summed E-state index contributed by atoms with van der Waals surface area (Å²) in [4.78, 5) is -0.235. The van der Waals surface area contributed by atoms with Crippen LogP contribution >= 0.6 is 0 Å². The van der Waals surface area contributed by atoms with E-state index in [1.807, 2.05) is 0 Å². The lowest BCUT2D eigenvalue weighted by Gasteiger charge is -2.20. The summed E-state index contributed by atoms with van der Waals surface area (Å²) in [6, 6.07) is 6.07. The van der Waals surface area contributed by atoms with Crippen LogP contribution in [0.5, 0.6) is 23.0 Å². The molecule has 0 amide bonds. The van der Waals surface area contributed by atoms with Gasteiger partial charge >= 0.3 is 10.1 Å². The summed E-state index contributed by atoms with van der Waals surface area (Å²) in [5.74, 6) is -1.15. The van der Waals surface area contributed by atoms with E-state index in [1.165, 1.54) is 18.2 Å². The fraction of sp³-hybridized carbons (Fsp3) is 0. The number of hydrogen-bond donors (Lipinski definition) is 3. The molecule has 1 heterocycles. The van der Waals surface area contributed by atoms with Crippen LogP contribution in [-0.2, 0) is 10.1 Å². The van der Waals surface area contributed by atoms with E-state index in [1.54, 1.807) is 0 Å². The highest BCUT2D eigenvalue weighted by Crippen LogP contribution is 2.45. The summed E-state index contributed by atoms with van der Waals surface area (Å²) in [5.41, 5.74) is 0.606. The average Bonchev–Trinajstić information content (AvgIpc) is 2.31. The Kier molecular flexibility index (Phi) is 2.18. The molecule has 0 saturated heterocycles. The molecule has 0 saturated carbocycles. The second-order valence-corrected chi connectivity index (χ2v) is 5.57. The van der Waals surface area contributed by atoms with E-state index in [4.69, 9.17) is 4.18 Å². The molecule has 2 aromatic rings. The maximum atomic E-state index is 11.9. The van der Waals surface area contributed by atoms with Gasteiger partial charge in [0.25, 0.3) is 0 Å². The van der Waals surface area contributed by atoms with Crippen LogP contribution in [0.15, 0.2) is 35.2 Å². The first-order chi connectivity index (χ1) is 8.88. The minimum atomic E-state index is -4.09. The Morgan fingerprint density at radius 3 is 2.32 bits per heavy atom. The third-order valence-electron chi connectivity index (χ3n) is 2.80. The monoisotopic (exact) mass is 280 g/mol. The first kappa shape index (κ1) is 11.7. The van der Waals surface area contributed by atoms with Crippen LogP contribution in [0, 0.1) is 0 Å². The van der Waals surface area contributed by atoms with E-state index in [9.17, 15) is 23.7 Å². The van der Waals surface area contributed by atoms with Crippen molar-refractivity contribution in [3.8, 4) is 34.1 Å². The van der Waals surface area contributed by atoms with Gasteiger partial charge < -0.3 is 19.5 Å². The normalized spacial score (nSPS) is 15.2. The van der Waals surface area contributed by atoms with Crippen LogP contribution in [0.3, 0.4) is 0 Å². The van der Waals surface area contributed by atoms with Crippen LogP contribution in [0.4, 0.5) is 0 Å². The number of hydrogen-bond acceptors (Lipinski definition) is 6. The van der Waals surface area contributed by atoms with Gasteiger partial charge in [0, 0.05) is 23.3 Å². The minimum Gasteiger partial charge on any atom is -0.508 e. The zero-order chi connectivity index (χ0) is 13.8. The summed E-state index contributed by atoms with van der Waals surface area (Å²) >= 11 is 0. The van der Waals surface area contributed by atoms with Crippen molar-refractivity contribution >= 4 is 10.1 Å². The highest BCUT2D eigenvalue weighted by molar-refractivity contribution is 7.87. The van der Waals surface area contributed by atoms with E-state index in [2.05, 4.69) is 0 Å². The summed E-state index contributed by atoms with van der Waals surface area (Å²) in [6.07, 6.45) is 0. The third-order valence-corrected chi connectivity index (χ3v) is 4.08. The Labute approximate surface area is 108 Å². The van der Waals surface area contributed by atoms with Gasteiger partial charge in [-0.25, -0.2) is 0 Å². The molecule has 1 aliphatic rings. The smallest absolute Gasteiger partial charge is 0.340 e. The minimum absolute atomic E-state index is 0.0300. The zero-order valence-corrected chi connectivity index (χ0v) is 10.2. The van der Waals surface area contributed by atoms with Crippen molar-refractivity contribution in [2.24, 2.45) is 0 Å². The third kappa shape index (κ3) is 1.66. The number of phenolic OH excluding ortho intramolecular Hbond substituents is 3. The molecule has 0 radical (unpaired) electrons. The lowest BCUT2D eigenvalue weighted by atomic mass is 10.0. The number of rotatable bonds is 0. The van der Waals surface area contributed by atoms with E-state index >= 15 is 0 Å². The van der Waals surface area contributed by atoms with E-state index in [0.29, 0.717) is 5.56 Å². The highest BCUT2D eigenvalue weighted by Gasteiger charge is 2.31. The average molecular weight is 280 g/mol. The largest absolute Gasteiger partial charge is 0.508 e. The molecule has 0 aliphatic carbocycles. The lowest BCUT2D eigenvalue weighted by Crippen LogP contribution is -2.15. The van der Waals surface area contributed by atoms with Gasteiger partial charge in [0.1, 0.15) is 10.6 Å².